The van der Waals surface area contributed by atoms with Crippen LogP contribution in [0, 0.1) is 0 Å². The topological polar surface area (TPSA) is 78.1 Å². The fourth-order valence-electron chi connectivity index (χ4n) is 2.00. The largest absolute Gasteiger partial charge is 0.355 e. The third kappa shape index (κ3) is 2.96. The number of imidazole rings is 1. The van der Waals surface area contributed by atoms with Crippen LogP contribution >= 0.6 is 0 Å². The van der Waals surface area contributed by atoms with Crippen molar-refractivity contribution in [3.8, 4) is 0 Å². The number of rotatable bonds is 5. The average molecular weight is 274 g/mol. The van der Waals surface area contributed by atoms with Gasteiger partial charge < -0.3 is 15.2 Å². The van der Waals surface area contributed by atoms with Crippen LogP contribution in [0.1, 0.15) is 24.2 Å². The molecule has 106 valence electrons. The summed E-state index contributed by atoms with van der Waals surface area (Å²) in [4.78, 5) is 32.6. The molecule has 2 amide bonds. The summed E-state index contributed by atoms with van der Waals surface area (Å²) in [6, 6.07) is 5.27. The van der Waals surface area contributed by atoms with Crippen molar-refractivity contribution in [2.75, 3.05) is 19.6 Å². The Morgan fingerprint density at radius 3 is 2.85 bits per heavy atom. The van der Waals surface area contributed by atoms with Gasteiger partial charge in [-0.15, -0.1) is 0 Å². The summed E-state index contributed by atoms with van der Waals surface area (Å²) >= 11 is 0. The maximum absolute atomic E-state index is 12.4. The van der Waals surface area contributed by atoms with Gasteiger partial charge in [0, 0.05) is 18.7 Å². The van der Waals surface area contributed by atoms with Gasteiger partial charge in [0.05, 0.1) is 23.9 Å². The van der Waals surface area contributed by atoms with E-state index >= 15 is 0 Å². The number of carbonyl (C=O) groups excluding carboxylic acids is 2. The summed E-state index contributed by atoms with van der Waals surface area (Å²) < 4.78 is 0. The van der Waals surface area contributed by atoms with E-state index in [1.54, 1.807) is 24.5 Å². The summed E-state index contributed by atoms with van der Waals surface area (Å²) in [5.74, 6) is -0.305. The Bertz CT molecular complexity index is 620. The molecule has 0 bridgehead atoms. The lowest BCUT2D eigenvalue weighted by molar-refractivity contribution is -0.121. The molecule has 0 aliphatic rings. The maximum atomic E-state index is 12.4. The van der Waals surface area contributed by atoms with Gasteiger partial charge >= 0.3 is 0 Å². The third-order valence-corrected chi connectivity index (χ3v) is 3.04. The molecule has 6 heteroatoms. The number of aromatic nitrogens is 2. The lowest BCUT2D eigenvalue weighted by Crippen LogP contribution is -2.40. The van der Waals surface area contributed by atoms with Crippen molar-refractivity contribution < 1.29 is 9.59 Å². The molecule has 0 atom stereocenters. The minimum atomic E-state index is -0.157. The normalized spacial score (nSPS) is 10.5. The van der Waals surface area contributed by atoms with Gasteiger partial charge in [0.15, 0.2) is 0 Å². The second-order valence-electron chi connectivity index (χ2n) is 4.41. The molecule has 2 aromatic rings. The molecule has 1 aromatic carbocycles. The molecular formula is C14H18N4O2. The average Bonchev–Trinajstić information content (AvgIpc) is 2.91. The number of aromatic amines is 1. The van der Waals surface area contributed by atoms with Crippen molar-refractivity contribution in [2.24, 2.45) is 0 Å². The number of H-pyrrole nitrogens is 1. The number of nitrogens with one attached hydrogen (secondary N) is 2. The highest BCUT2D eigenvalue weighted by atomic mass is 16.2. The first-order valence-electron chi connectivity index (χ1n) is 6.64. The predicted octanol–water partition coefficient (Wildman–Crippen LogP) is 1.16. The highest BCUT2D eigenvalue weighted by molar-refractivity contribution is 5.99. The first kappa shape index (κ1) is 14.0. The number of hydrogen-bond donors (Lipinski definition) is 2. The fourth-order valence-corrected chi connectivity index (χ4v) is 2.00. The Morgan fingerprint density at radius 2 is 2.15 bits per heavy atom. The van der Waals surface area contributed by atoms with Gasteiger partial charge in [0.2, 0.25) is 5.91 Å². The quantitative estimate of drug-likeness (QED) is 0.859. The molecule has 0 unspecified atom stereocenters. The maximum Gasteiger partial charge on any atom is 0.254 e. The summed E-state index contributed by atoms with van der Waals surface area (Å²) in [5.41, 5.74) is 2.17. The van der Waals surface area contributed by atoms with Crippen molar-refractivity contribution in [2.45, 2.75) is 13.8 Å². The first-order chi connectivity index (χ1) is 9.65. The minimum absolute atomic E-state index is 0.0736. The number of likely N-dealkylation sites (N-methyl/N-ethyl adjacent to an activating group) is 2. The zero-order chi connectivity index (χ0) is 14.5. The van der Waals surface area contributed by atoms with Crippen molar-refractivity contribution >= 4 is 22.8 Å². The summed E-state index contributed by atoms with van der Waals surface area (Å²) in [6.45, 7) is 4.82. The lowest BCUT2D eigenvalue weighted by Gasteiger charge is -2.20. The highest BCUT2D eigenvalue weighted by Crippen LogP contribution is 2.13. The van der Waals surface area contributed by atoms with Gasteiger partial charge in [-0.05, 0) is 32.0 Å². The molecule has 0 aliphatic carbocycles. The number of carbonyl (C=O) groups is 2. The van der Waals surface area contributed by atoms with E-state index in [-0.39, 0.29) is 18.4 Å². The number of amides is 2. The Kier molecular flexibility index (Phi) is 4.34. The molecule has 0 spiro atoms. The van der Waals surface area contributed by atoms with E-state index in [4.69, 9.17) is 0 Å². The fraction of sp³-hybridized carbons (Fsp3) is 0.357. The highest BCUT2D eigenvalue weighted by Gasteiger charge is 2.17. The van der Waals surface area contributed by atoms with E-state index in [9.17, 15) is 9.59 Å². The molecule has 1 heterocycles. The lowest BCUT2D eigenvalue weighted by atomic mass is 10.1. The molecule has 2 N–H and O–H groups in total. The second-order valence-corrected chi connectivity index (χ2v) is 4.41. The van der Waals surface area contributed by atoms with E-state index in [1.807, 2.05) is 13.8 Å². The molecule has 6 nitrogen and oxygen atoms in total. The van der Waals surface area contributed by atoms with Gasteiger partial charge in [-0.3, -0.25) is 9.59 Å². The SMILES string of the molecule is CCNC(=O)CN(CC)C(=O)c1ccc2nc[nH]c2c1. The van der Waals surface area contributed by atoms with Crippen LogP contribution in [0.3, 0.4) is 0 Å². The Labute approximate surface area is 117 Å². The summed E-state index contributed by atoms with van der Waals surface area (Å²) in [5, 5.41) is 2.69. The van der Waals surface area contributed by atoms with Crippen LogP contribution in [0.2, 0.25) is 0 Å². The van der Waals surface area contributed by atoms with Crippen LogP contribution in [0.5, 0.6) is 0 Å². The Morgan fingerprint density at radius 1 is 1.35 bits per heavy atom. The van der Waals surface area contributed by atoms with Crippen molar-refractivity contribution in [1.29, 1.82) is 0 Å². The molecular weight excluding hydrogens is 256 g/mol. The monoisotopic (exact) mass is 274 g/mol. The summed E-state index contributed by atoms with van der Waals surface area (Å²) in [6.07, 6.45) is 1.59. The molecule has 0 saturated carbocycles. The van der Waals surface area contributed by atoms with Crippen LogP contribution in [0.15, 0.2) is 24.5 Å². The van der Waals surface area contributed by atoms with Gasteiger partial charge in [-0.1, -0.05) is 0 Å². The van der Waals surface area contributed by atoms with E-state index in [1.165, 1.54) is 4.90 Å². The standard InChI is InChI=1S/C14H18N4O2/c1-3-15-13(19)8-18(4-2)14(20)10-5-6-11-12(7-10)17-9-16-11/h5-7,9H,3-4,8H2,1-2H3,(H,15,19)(H,16,17). The number of hydrogen-bond acceptors (Lipinski definition) is 3. The Hall–Kier alpha value is -2.37. The van der Waals surface area contributed by atoms with Crippen LogP contribution in [0.4, 0.5) is 0 Å². The van der Waals surface area contributed by atoms with Crippen molar-refractivity contribution in [3.63, 3.8) is 0 Å². The van der Waals surface area contributed by atoms with Gasteiger partial charge in [-0.2, -0.15) is 0 Å². The van der Waals surface area contributed by atoms with E-state index in [2.05, 4.69) is 15.3 Å². The van der Waals surface area contributed by atoms with Gasteiger partial charge in [0.1, 0.15) is 0 Å². The molecule has 0 aliphatic heterocycles. The zero-order valence-electron chi connectivity index (χ0n) is 11.6. The first-order valence-corrected chi connectivity index (χ1v) is 6.64. The van der Waals surface area contributed by atoms with Crippen molar-refractivity contribution in [1.82, 2.24) is 20.2 Å². The Balaban J connectivity index is 2.16. The molecule has 20 heavy (non-hydrogen) atoms. The van der Waals surface area contributed by atoms with Crippen LogP contribution in [0.25, 0.3) is 11.0 Å². The molecule has 0 saturated heterocycles. The number of nitrogens with zero attached hydrogens (tertiary/aromatic N) is 2. The molecule has 0 radical (unpaired) electrons. The molecule has 1 aromatic heterocycles. The predicted molar refractivity (Wildman–Crippen MR) is 76.4 cm³/mol. The molecule has 2 rings (SSSR count). The number of benzene rings is 1. The summed E-state index contributed by atoms with van der Waals surface area (Å²) in [7, 11) is 0. The van der Waals surface area contributed by atoms with Crippen LogP contribution in [-0.2, 0) is 4.79 Å². The zero-order valence-corrected chi connectivity index (χ0v) is 11.6. The van der Waals surface area contributed by atoms with Crippen LogP contribution in [-0.4, -0.2) is 46.3 Å². The van der Waals surface area contributed by atoms with Gasteiger partial charge in [0.25, 0.3) is 5.91 Å². The second kappa shape index (κ2) is 6.18. The van der Waals surface area contributed by atoms with Crippen LogP contribution < -0.4 is 5.32 Å². The molecule has 0 fully saturated rings. The number of fused-ring (bicyclic) bond motifs is 1. The van der Waals surface area contributed by atoms with Crippen molar-refractivity contribution in [3.05, 3.63) is 30.1 Å². The van der Waals surface area contributed by atoms with E-state index in [0.29, 0.717) is 18.7 Å². The smallest absolute Gasteiger partial charge is 0.254 e. The third-order valence-electron chi connectivity index (χ3n) is 3.04. The van der Waals surface area contributed by atoms with E-state index < -0.39 is 0 Å². The van der Waals surface area contributed by atoms with E-state index in [0.717, 1.165) is 11.0 Å². The minimum Gasteiger partial charge on any atom is -0.355 e. The van der Waals surface area contributed by atoms with Gasteiger partial charge in [-0.25, -0.2) is 4.98 Å².